The van der Waals surface area contributed by atoms with Crippen LogP contribution in [-0.4, -0.2) is 10.2 Å². The molecule has 0 saturated heterocycles. The van der Waals surface area contributed by atoms with Crippen molar-refractivity contribution >= 4 is 17.4 Å². The first kappa shape index (κ1) is 10.8. The molecule has 15 heavy (non-hydrogen) atoms. The minimum absolute atomic E-state index is 0.772. The zero-order valence-corrected chi connectivity index (χ0v) is 10.0. The highest BCUT2D eigenvalue weighted by atomic mass is 32.2. The Hall–Kier alpha value is -0.700. The van der Waals surface area contributed by atoms with Gasteiger partial charge in [-0.25, -0.2) is 4.98 Å². The Balaban J connectivity index is 2.00. The van der Waals surface area contributed by atoms with Gasteiger partial charge in [-0.1, -0.05) is 19.3 Å². The number of nitrogen functional groups attached to an aromatic ring is 1. The summed E-state index contributed by atoms with van der Waals surface area (Å²) >= 11 is 1.92. The Morgan fingerprint density at radius 2 is 2.00 bits per heavy atom. The van der Waals surface area contributed by atoms with Crippen LogP contribution in [0.15, 0.2) is 17.2 Å². The van der Waals surface area contributed by atoms with Gasteiger partial charge in [0.15, 0.2) is 0 Å². The number of aromatic nitrogens is 1. The van der Waals surface area contributed by atoms with E-state index in [1.54, 1.807) is 0 Å². The molecule has 0 bridgehead atoms. The van der Waals surface area contributed by atoms with Gasteiger partial charge < -0.3 is 5.73 Å². The van der Waals surface area contributed by atoms with Gasteiger partial charge in [-0.15, -0.1) is 11.8 Å². The zero-order valence-electron chi connectivity index (χ0n) is 9.20. The average molecular weight is 222 g/mol. The third-order valence-corrected chi connectivity index (χ3v) is 4.21. The normalized spacial score (nSPS) is 17.9. The first-order valence-electron chi connectivity index (χ1n) is 5.65. The van der Waals surface area contributed by atoms with E-state index in [0.29, 0.717) is 0 Å². The maximum Gasteiger partial charge on any atom is 0.0967 e. The fraction of sp³-hybridized carbons (Fsp3) is 0.583. The minimum atomic E-state index is 0.772. The van der Waals surface area contributed by atoms with E-state index in [9.17, 15) is 0 Å². The molecule has 2 nitrogen and oxygen atoms in total. The molecule has 2 rings (SSSR count). The largest absolute Gasteiger partial charge is 0.397 e. The van der Waals surface area contributed by atoms with E-state index in [0.717, 1.165) is 21.7 Å². The quantitative estimate of drug-likeness (QED) is 0.833. The van der Waals surface area contributed by atoms with E-state index in [1.165, 1.54) is 32.1 Å². The van der Waals surface area contributed by atoms with Crippen LogP contribution in [0.1, 0.15) is 37.8 Å². The van der Waals surface area contributed by atoms with Gasteiger partial charge in [0.2, 0.25) is 0 Å². The molecule has 1 aliphatic carbocycles. The lowest BCUT2D eigenvalue weighted by Crippen LogP contribution is -2.08. The topological polar surface area (TPSA) is 38.9 Å². The van der Waals surface area contributed by atoms with E-state index in [4.69, 9.17) is 5.73 Å². The van der Waals surface area contributed by atoms with Gasteiger partial charge >= 0.3 is 0 Å². The first-order valence-corrected chi connectivity index (χ1v) is 6.53. The Morgan fingerprint density at radius 1 is 1.27 bits per heavy atom. The first-order chi connectivity index (χ1) is 7.25. The fourth-order valence-corrected chi connectivity index (χ4v) is 3.21. The number of aryl methyl sites for hydroxylation is 1. The van der Waals surface area contributed by atoms with E-state index < -0.39 is 0 Å². The second-order valence-electron chi connectivity index (χ2n) is 4.20. The molecule has 2 N–H and O–H groups in total. The van der Waals surface area contributed by atoms with Crippen LogP contribution in [0.5, 0.6) is 0 Å². The molecule has 0 spiro atoms. The van der Waals surface area contributed by atoms with Gasteiger partial charge in [0.1, 0.15) is 0 Å². The van der Waals surface area contributed by atoms with Crippen molar-refractivity contribution in [3.05, 3.63) is 17.8 Å². The standard InChI is InChI=1S/C12H18N2S/c1-9-11(13)7-8-12(14-9)15-10-5-3-2-4-6-10/h7-8,10H,2-6,13H2,1H3. The predicted octanol–water partition coefficient (Wildman–Crippen LogP) is 3.40. The summed E-state index contributed by atoms with van der Waals surface area (Å²) in [4.78, 5) is 4.50. The van der Waals surface area contributed by atoms with Gasteiger partial charge in [-0.3, -0.25) is 0 Å². The summed E-state index contributed by atoms with van der Waals surface area (Å²) in [5.41, 5.74) is 7.50. The number of nitrogens with zero attached hydrogens (tertiary/aromatic N) is 1. The van der Waals surface area contributed by atoms with Crippen molar-refractivity contribution in [3.63, 3.8) is 0 Å². The van der Waals surface area contributed by atoms with Gasteiger partial charge in [-0.05, 0) is 31.9 Å². The molecule has 1 fully saturated rings. The van der Waals surface area contributed by atoms with E-state index in [-0.39, 0.29) is 0 Å². The molecule has 0 atom stereocenters. The molecule has 0 unspecified atom stereocenters. The molecule has 1 heterocycles. The van der Waals surface area contributed by atoms with Crippen molar-refractivity contribution in [2.45, 2.75) is 49.3 Å². The average Bonchev–Trinajstić information content (AvgIpc) is 2.25. The second-order valence-corrected chi connectivity index (χ2v) is 5.52. The molecule has 82 valence electrons. The Morgan fingerprint density at radius 3 is 2.67 bits per heavy atom. The number of thioether (sulfide) groups is 1. The highest BCUT2D eigenvalue weighted by molar-refractivity contribution is 7.99. The predicted molar refractivity (Wildman–Crippen MR) is 66.1 cm³/mol. The molecule has 0 aliphatic heterocycles. The van der Waals surface area contributed by atoms with Gasteiger partial charge in [-0.2, -0.15) is 0 Å². The Bertz CT molecular complexity index is 332. The molecular weight excluding hydrogens is 204 g/mol. The number of hydrogen-bond acceptors (Lipinski definition) is 3. The molecule has 0 aromatic carbocycles. The lowest BCUT2D eigenvalue weighted by molar-refractivity contribution is 0.515. The van der Waals surface area contributed by atoms with Crippen molar-refractivity contribution < 1.29 is 0 Å². The maximum absolute atomic E-state index is 5.75. The summed E-state index contributed by atoms with van der Waals surface area (Å²) in [5.74, 6) is 0. The fourth-order valence-electron chi connectivity index (χ4n) is 1.97. The van der Waals surface area contributed by atoms with Crippen LogP contribution < -0.4 is 5.73 Å². The van der Waals surface area contributed by atoms with E-state index >= 15 is 0 Å². The molecule has 3 heteroatoms. The smallest absolute Gasteiger partial charge is 0.0967 e. The summed E-state index contributed by atoms with van der Waals surface area (Å²) in [6.07, 6.45) is 6.86. The van der Waals surface area contributed by atoms with Gasteiger partial charge in [0.25, 0.3) is 0 Å². The molecule has 1 aliphatic rings. The highest BCUT2D eigenvalue weighted by Crippen LogP contribution is 2.32. The number of rotatable bonds is 2. The minimum Gasteiger partial charge on any atom is -0.397 e. The summed E-state index contributed by atoms with van der Waals surface area (Å²) in [5, 5.41) is 1.91. The second kappa shape index (κ2) is 4.88. The molecule has 1 aromatic rings. The number of anilines is 1. The van der Waals surface area contributed by atoms with Crippen molar-refractivity contribution in [2.24, 2.45) is 0 Å². The van der Waals surface area contributed by atoms with Crippen LogP contribution in [0.4, 0.5) is 5.69 Å². The van der Waals surface area contributed by atoms with Crippen molar-refractivity contribution in [1.82, 2.24) is 4.98 Å². The van der Waals surface area contributed by atoms with Crippen LogP contribution >= 0.6 is 11.8 Å². The Kier molecular flexibility index (Phi) is 3.52. The summed E-state index contributed by atoms with van der Waals surface area (Å²) in [7, 11) is 0. The number of pyridine rings is 1. The van der Waals surface area contributed by atoms with Gasteiger partial charge in [0, 0.05) is 5.25 Å². The summed E-state index contributed by atoms with van der Waals surface area (Å²) in [6, 6.07) is 4.01. The van der Waals surface area contributed by atoms with Crippen molar-refractivity contribution in [3.8, 4) is 0 Å². The summed E-state index contributed by atoms with van der Waals surface area (Å²) < 4.78 is 0. The third kappa shape index (κ3) is 2.88. The number of nitrogens with two attached hydrogens (primary N) is 1. The third-order valence-electron chi connectivity index (χ3n) is 2.94. The van der Waals surface area contributed by atoms with Gasteiger partial charge in [0.05, 0.1) is 16.4 Å². The van der Waals surface area contributed by atoms with Crippen LogP contribution in [0.2, 0.25) is 0 Å². The van der Waals surface area contributed by atoms with Crippen LogP contribution in [0.3, 0.4) is 0 Å². The number of hydrogen-bond donors (Lipinski definition) is 1. The van der Waals surface area contributed by atoms with E-state index in [2.05, 4.69) is 4.98 Å². The zero-order chi connectivity index (χ0) is 10.7. The maximum atomic E-state index is 5.75. The Labute approximate surface area is 95.7 Å². The molecule has 1 aromatic heterocycles. The monoisotopic (exact) mass is 222 g/mol. The van der Waals surface area contributed by atoms with Crippen LogP contribution in [-0.2, 0) is 0 Å². The van der Waals surface area contributed by atoms with Crippen LogP contribution in [0.25, 0.3) is 0 Å². The van der Waals surface area contributed by atoms with Crippen LogP contribution in [0, 0.1) is 6.92 Å². The SMILES string of the molecule is Cc1nc(SC2CCCCC2)ccc1N. The molecular formula is C12H18N2S. The van der Waals surface area contributed by atoms with Crippen molar-refractivity contribution in [1.29, 1.82) is 0 Å². The molecule has 1 saturated carbocycles. The molecule has 0 amide bonds. The van der Waals surface area contributed by atoms with Crippen molar-refractivity contribution in [2.75, 3.05) is 5.73 Å². The summed E-state index contributed by atoms with van der Waals surface area (Å²) in [6.45, 7) is 1.97. The highest BCUT2D eigenvalue weighted by Gasteiger charge is 2.15. The lowest BCUT2D eigenvalue weighted by atomic mass is 10.0. The molecule has 0 radical (unpaired) electrons. The lowest BCUT2D eigenvalue weighted by Gasteiger charge is -2.20. The van der Waals surface area contributed by atoms with E-state index in [1.807, 2.05) is 30.8 Å².